The van der Waals surface area contributed by atoms with Gasteiger partial charge in [0.1, 0.15) is 5.75 Å². The van der Waals surface area contributed by atoms with Gasteiger partial charge in [-0.05, 0) is 31.0 Å². The second-order valence-corrected chi connectivity index (χ2v) is 3.59. The number of hydrogen-bond acceptors (Lipinski definition) is 4. The average molecular weight is 223 g/mol. The van der Waals surface area contributed by atoms with Crippen LogP contribution in [-0.4, -0.2) is 31.4 Å². The number of nitrogens with two attached hydrogens (primary N) is 2. The van der Waals surface area contributed by atoms with E-state index in [0.717, 1.165) is 18.7 Å². The van der Waals surface area contributed by atoms with Gasteiger partial charge in [0.05, 0.1) is 6.61 Å². The number of benzene rings is 1. The van der Waals surface area contributed by atoms with Crippen LogP contribution in [0.2, 0.25) is 0 Å². The van der Waals surface area contributed by atoms with Crippen molar-refractivity contribution in [2.75, 3.05) is 26.5 Å². The Morgan fingerprint density at radius 3 is 2.25 bits per heavy atom. The zero-order chi connectivity index (χ0) is 11.8. The van der Waals surface area contributed by atoms with Gasteiger partial charge in [-0.3, -0.25) is 4.90 Å². The van der Waals surface area contributed by atoms with Crippen LogP contribution in [0.5, 0.6) is 5.75 Å². The molecular weight excluding hydrogens is 202 g/mol. The van der Waals surface area contributed by atoms with Gasteiger partial charge < -0.3 is 16.2 Å². The molecule has 0 aliphatic rings. The zero-order valence-corrected chi connectivity index (χ0v) is 9.86. The fourth-order valence-electron chi connectivity index (χ4n) is 1.46. The smallest absolute Gasteiger partial charge is 0.119 e. The summed E-state index contributed by atoms with van der Waals surface area (Å²) in [6, 6.07) is 8.15. The minimum atomic E-state index is 0.507. The Bertz CT molecular complexity index is 283. The van der Waals surface area contributed by atoms with Crippen LogP contribution >= 0.6 is 0 Å². The summed E-state index contributed by atoms with van der Waals surface area (Å²) in [7, 11) is 0. The third kappa shape index (κ3) is 4.18. The summed E-state index contributed by atoms with van der Waals surface area (Å²) in [5.41, 5.74) is 12.3. The van der Waals surface area contributed by atoms with Gasteiger partial charge in [-0.25, -0.2) is 0 Å². The van der Waals surface area contributed by atoms with E-state index in [2.05, 4.69) is 12.1 Å². The predicted molar refractivity (Wildman–Crippen MR) is 66.1 cm³/mol. The van der Waals surface area contributed by atoms with Crippen LogP contribution in [0.3, 0.4) is 0 Å². The molecule has 0 saturated heterocycles. The molecule has 90 valence electrons. The number of ether oxygens (including phenoxy) is 1. The minimum Gasteiger partial charge on any atom is -0.494 e. The summed E-state index contributed by atoms with van der Waals surface area (Å²) in [6.07, 6.45) is 0.959. The largest absolute Gasteiger partial charge is 0.494 e. The van der Waals surface area contributed by atoms with Crippen molar-refractivity contribution in [3.63, 3.8) is 0 Å². The first-order valence-corrected chi connectivity index (χ1v) is 5.64. The van der Waals surface area contributed by atoms with Crippen molar-refractivity contribution >= 4 is 0 Å². The quantitative estimate of drug-likeness (QED) is 0.670. The third-order valence-corrected chi connectivity index (χ3v) is 2.47. The molecule has 1 aromatic rings. The molecule has 0 fully saturated rings. The fraction of sp³-hybridized carbons (Fsp3) is 0.500. The molecule has 0 unspecified atom stereocenters. The van der Waals surface area contributed by atoms with Crippen molar-refractivity contribution in [3.05, 3.63) is 29.8 Å². The SMILES string of the molecule is CCOc1ccc(CCN(CN)CN)cc1. The monoisotopic (exact) mass is 223 g/mol. The van der Waals surface area contributed by atoms with Crippen LogP contribution in [0, 0.1) is 0 Å². The van der Waals surface area contributed by atoms with Gasteiger partial charge in [0, 0.05) is 19.9 Å². The maximum absolute atomic E-state index is 5.54. The highest BCUT2D eigenvalue weighted by Crippen LogP contribution is 2.12. The molecule has 0 heterocycles. The predicted octanol–water partition coefficient (Wildman–Crippen LogP) is 0.762. The van der Waals surface area contributed by atoms with Gasteiger partial charge in [-0.2, -0.15) is 0 Å². The van der Waals surface area contributed by atoms with Crippen LogP contribution in [-0.2, 0) is 6.42 Å². The summed E-state index contributed by atoms with van der Waals surface area (Å²) in [5.74, 6) is 0.917. The van der Waals surface area contributed by atoms with Crippen LogP contribution in [0.25, 0.3) is 0 Å². The number of hydrogen-bond donors (Lipinski definition) is 2. The molecule has 0 aromatic heterocycles. The van der Waals surface area contributed by atoms with Gasteiger partial charge >= 0.3 is 0 Å². The molecule has 4 nitrogen and oxygen atoms in total. The second-order valence-electron chi connectivity index (χ2n) is 3.59. The first-order chi connectivity index (χ1) is 7.80. The molecule has 0 amide bonds. The molecule has 1 rings (SSSR count). The lowest BCUT2D eigenvalue weighted by atomic mass is 10.1. The summed E-state index contributed by atoms with van der Waals surface area (Å²) in [4.78, 5) is 2.00. The Balaban J connectivity index is 2.42. The number of rotatable bonds is 7. The minimum absolute atomic E-state index is 0.507. The summed E-state index contributed by atoms with van der Waals surface area (Å²) in [6.45, 7) is 4.59. The van der Waals surface area contributed by atoms with Gasteiger partial charge in [-0.1, -0.05) is 12.1 Å². The number of nitrogens with zero attached hydrogens (tertiary/aromatic N) is 1. The maximum atomic E-state index is 5.54. The van der Waals surface area contributed by atoms with Gasteiger partial charge in [0.2, 0.25) is 0 Å². The summed E-state index contributed by atoms with van der Waals surface area (Å²) >= 11 is 0. The van der Waals surface area contributed by atoms with Crippen molar-refractivity contribution < 1.29 is 4.74 Å². The normalized spacial score (nSPS) is 10.8. The van der Waals surface area contributed by atoms with E-state index in [-0.39, 0.29) is 0 Å². The first kappa shape index (κ1) is 13.0. The second kappa shape index (κ2) is 7.22. The Kier molecular flexibility index (Phi) is 5.85. The van der Waals surface area contributed by atoms with E-state index >= 15 is 0 Å². The highest BCUT2D eigenvalue weighted by atomic mass is 16.5. The van der Waals surface area contributed by atoms with E-state index in [9.17, 15) is 0 Å². The highest BCUT2D eigenvalue weighted by molar-refractivity contribution is 5.27. The molecule has 0 radical (unpaired) electrons. The Morgan fingerprint density at radius 1 is 1.12 bits per heavy atom. The van der Waals surface area contributed by atoms with Gasteiger partial charge in [0.15, 0.2) is 0 Å². The molecule has 4 heteroatoms. The van der Waals surface area contributed by atoms with E-state index in [0.29, 0.717) is 19.9 Å². The van der Waals surface area contributed by atoms with Crippen LogP contribution < -0.4 is 16.2 Å². The molecule has 1 aromatic carbocycles. The van der Waals surface area contributed by atoms with Crippen molar-refractivity contribution in [1.82, 2.24) is 4.90 Å². The molecule has 0 saturated carbocycles. The Hall–Kier alpha value is -1.10. The molecule has 4 N–H and O–H groups in total. The van der Waals surface area contributed by atoms with Crippen molar-refractivity contribution in [1.29, 1.82) is 0 Å². The van der Waals surface area contributed by atoms with E-state index in [1.54, 1.807) is 0 Å². The summed E-state index contributed by atoms with van der Waals surface area (Å²) in [5, 5.41) is 0. The molecule has 0 spiro atoms. The lowest BCUT2D eigenvalue weighted by Crippen LogP contribution is -2.36. The van der Waals surface area contributed by atoms with Gasteiger partial charge in [0.25, 0.3) is 0 Å². The van der Waals surface area contributed by atoms with Crippen LogP contribution in [0.1, 0.15) is 12.5 Å². The van der Waals surface area contributed by atoms with E-state index in [4.69, 9.17) is 16.2 Å². The van der Waals surface area contributed by atoms with E-state index < -0.39 is 0 Å². The lowest BCUT2D eigenvalue weighted by Gasteiger charge is -2.17. The van der Waals surface area contributed by atoms with Crippen molar-refractivity contribution in [2.24, 2.45) is 11.5 Å². The molecule has 0 aliphatic carbocycles. The molecule has 0 atom stereocenters. The van der Waals surface area contributed by atoms with Crippen LogP contribution in [0.4, 0.5) is 0 Å². The van der Waals surface area contributed by atoms with Crippen molar-refractivity contribution in [2.45, 2.75) is 13.3 Å². The molecule has 16 heavy (non-hydrogen) atoms. The first-order valence-electron chi connectivity index (χ1n) is 5.64. The third-order valence-electron chi connectivity index (χ3n) is 2.47. The molecular formula is C12H21N3O. The van der Waals surface area contributed by atoms with Gasteiger partial charge in [-0.15, -0.1) is 0 Å². The standard InChI is InChI=1S/C12H21N3O/c1-2-16-12-5-3-11(4-6-12)7-8-15(9-13)10-14/h3-6H,2,7-10,13-14H2,1H3. The topological polar surface area (TPSA) is 64.5 Å². The van der Waals surface area contributed by atoms with E-state index in [1.807, 2.05) is 24.0 Å². The Labute approximate surface area is 97.2 Å². The lowest BCUT2D eigenvalue weighted by molar-refractivity contribution is 0.293. The Morgan fingerprint density at radius 2 is 1.75 bits per heavy atom. The highest BCUT2D eigenvalue weighted by Gasteiger charge is 2.00. The maximum Gasteiger partial charge on any atom is 0.119 e. The van der Waals surface area contributed by atoms with E-state index in [1.165, 1.54) is 5.56 Å². The average Bonchev–Trinajstić information content (AvgIpc) is 2.33. The fourth-order valence-corrected chi connectivity index (χ4v) is 1.46. The van der Waals surface area contributed by atoms with Crippen molar-refractivity contribution in [3.8, 4) is 5.75 Å². The zero-order valence-electron chi connectivity index (χ0n) is 9.86. The summed E-state index contributed by atoms with van der Waals surface area (Å²) < 4.78 is 5.38. The van der Waals surface area contributed by atoms with Crippen LogP contribution in [0.15, 0.2) is 24.3 Å². The molecule has 0 aliphatic heterocycles. The molecule has 0 bridgehead atoms.